The van der Waals surface area contributed by atoms with Crippen LogP contribution in [-0.2, 0) is 0 Å². The lowest BCUT2D eigenvalue weighted by atomic mass is 10.1. The van der Waals surface area contributed by atoms with Crippen molar-refractivity contribution in [1.29, 1.82) is 0 Å². The first-order valence-corrected chi connectivity index (χ1v) is 6.63. The fourth-order valence-electron chi connectivity index (χ4n) is 2.32. The molecular weight excluding hydrogens is 252 g/mol. The Morgan fingerprint density at radius 3 is 3.06 bits per heavy atom. The van der Waals surface area contributed by atoms with Gasteiger partial charge in [-0.3, -0.25) is 9.78 Å². The maximum Gasteiger partial charge on any atom is 0.257 e. The molecule has 0 spiro atoms. The van der Waals surface area contributed by atoms with Crippen LogP contribution in [0.3, 0.4) is 0 Å². The Balaban J connectivity index is 2.23. The Morgan fingerprint density at radius 2 is 2.33 bits per heavy atom. The van der Waals surface area contributed by atoms with Crippen LogP contribution in [0.5, 0.6) is 0 Å². The summed E-state index contributed by atoms with van der Waals surface area (Å²) in [7, 11) is 0. The van der Waals surface area contributed by atoms with E-state index in [0.29, 0.717) is 17.1 Å². The molecule has 18 heavy (non-hydrogen) atoms. The van der Waals surface area contributed by atoms with Crippen LogP contribution in [-0.4, -0.2) is 40.1 Å². The molecule has 1 unspecified atom stereocenters. The lowest BCUT2D eigenvalue weighted by Crippen LogP contribution is -2.42. The highest BCUT2D eigenvalue weighted by atomic mass is 35.5. The molecule has 1 aliphatic rings. The molecule has 1 aromatic heterocycles. The van der Waals surface area contributed by atoms with Gasteiger partial charge < -0.3 is 10.0 Å². The lowest BCUT2D eigenvalue weighted by Gasteiger charge is -2.28. The van der Waals surface area contributed by atoms with Crippen LogP contribution in [0, 0.1) is 0 Å². The molecule has 5 heteroatoms. The Kier molecular flexibility index (Phi) is 4.55. The zero-order valence-corrected chi connectivity index (χ0v) is 10.9. The highest BCUT2D eigenvalue weighted by Gasteiger charge is 2.26. The number of nitrogens with zero attached hydrogens (tertiary/aromatic N) is 2. The summed E-state index contributed by atoms with van der Waals surface area (Å²) in [6, 6.07) is 1.51. The fourth-order valence-corrected chi connectivity index (χ4v) is 2.51. The smallest absolute Gasteiger partial charge is 0.257 e. The first-order chi connectivity index (χ1) is 8.74. The van der Waals surface area contributed by atoms with Crippen molar-refractivity contribution >= 4 is 17.5 Å². The predicted molar refractivity (Wildman–Crippen MR) is 69.6 cm³/mol. The first-order valence-electron chi connectivity index (χ1n) is 6.25. The second kappa shape index (κ2) is 6.16. The molecule has 1 atom stereocenters. The van der Waals surface area contributed by atoms with E-state index in [1.54, 1.807) is 17.2 Å². The summed E-state index contributed by atoms with van der Waals surface area (Å²) in [5.74, 6) is -0.131. The number of likely N-dealkylation sites (tertiary alicyclic amines) is 1. The molecule has 2 rings (SSSR count). The summed E-state index contributed by atoms with van der Waals surface area (Å²) in [6.45, 7) is 0.679. The number of hydrogen-bond acceptors (Lipinski definition) is 3. The average molecular weight is 269 g/mol. The standard InChI is InChI=1S/C13H17ClN2O2/c14-12-5-6-15-8-11(12)13(18)16-7-3-1-2-4-10(16)9-17/h5-6,8,10,17H,1-4,7,9H2. The van der Waals surface area contributed by atoms with Crippen LogP contribution >= 0.6 is 11.6 Å². The van der Waals surface area contributed by atoms with E-state index in [1.807, 2.05) is 0 Å². The van der Waals surface area contributed by atoms with Gasteiger partial charge in [0.2, 0.25) is 0 Å². The number of aromatic nitrogens is 1. The quantitative estimate of drug-likeness (QED) is 0.894. The van der Waals surface area contributed by atoms with Gasteiger partial charge in [0.1, 0.15) is 0 Å². The van der Waals surface area contributed by atoms with Crippen molar-refractivity contribution in [2.24, 2.45) is 0 Å². The van der Waals surface area contributed by atoms with Crippen LogP contribution in [0.4, 0.5) is 0 Å². The average Bonchev–Trinajstić information content (AvgIpc) is 2.63. The van der Waals surface area contributed by atoms with Gasteiger partial charge in [0.25, 0.3) is 5.91 Å². The second-order valence-corrected chi connectivity index (χ2v) is 4.95. The van der Waals surface area contributed by atoms with E-state index in [4.69, 9.17) is 11.6 Å². The second-order valence-electron chi connectivity index (χ2n) is 4.54. The van der Waals surface area contributed by atoms with E-state index in [2.05, 4.69) is 4.98 Å². The maximum absolute atomic E-state index is 12.4. The molecule has 0 radical (unpaired) electrons. The zero-order chi connectivity index (χ0) is 13.0. The van der Waals surface area contributed by atoms with Gasteiger partial charge in [-0.25, -0.2) is 0 Å². The summed E-state index contributed by atoms with van der Waals surface area (Å²) < 4.78 is 0. The van der Waals surface area contributed by atoms with E-state index in [0.717, 1.165) is 25.7 Å². The topological polar surface area (TPSA) is 53.4 Å². The molecule has 2 heterocycles. The number of aliphatic hydroxyl groups is 1. The van der Waals surface area contributed by atoms with E-state index in [1.165, 1.54) is 6.20 Å². The summed E-state index contributed by atoms with van der Waals surface area (Å²) in [6.07, 6.45) is 7.02. The van der Waals surface area contributed by atoms with E-state index in [9.17, 15) is 9.90 Å². The molecule has 1 aromatic rings. The summed E-state index contributed by atoms with van der Waals surface area (Å²) in [4.78, 5) is 18.1. The number of rotatable bonds is 2. The van der Waals surface area contributed by atoms with Gasteiger partial charge in [0.15, 0.2) is 0 Å². The third kappa shape index (κ3) is 2.82. The highest BCUT2D eigenvalue weighted by Crippen LogP contribution is 2.22. The van der Waals surface area contributed by atoms with Gasteiger partial charge in [-0.15, -0.1) is 0 Å². The van der Waals surface area contributed by atoms with Crippen molar-refractivity contribution < 1.29 is 9.90 Å². The Morgan fingerprint density at radius 1 is 1.50 bits per heavy atom. The van der Waals surface area contributed by atoms with Gasteiger partial charge in [-0.05, 0) is 18.9 Å². The van der Waals surface area contributed by atoms with Gasteiger partial charge in [0.05, 0.1) is 23.2 Å². The van der Waals surface area contributed by atoms with Crippen molar-refractivity contribution in [2.75, 3.05) is 13.2 Å². The summed E-state index contributed by atoms with van der Waals surface area (Å²) >= 11 is 6.02. The van der Waals surface area contributed by atoms with Crippen molar-refractivity contribution in [3.63, 3.8) is 0 Å². The molecule has 1 fully saturated rings. The molecule has 0 bridgehead atoms. The summed E-state index contributed by atoms with van der Waals surface area (Å²) in [5.41, 5.74) is 0.416. The van der Waals surface area contributed by atoms with Crippen LogP contribution in [0.2, 0.25) is 5.02 Å². The van der Waals surface area contributed by atoms with Gasteiger partial charge in [0, 0.05) is 18.9 Å². The van der Waals surface area contributed by atoms with Crippen LogP contribution in [0.25, 0.3) is 0 Å². The number of aliphatic hydroxyl groups excluding tert-OH is 1. The number of pyridine rings is 1. The predicted octanol–water partition coefficient (Wildman–Crippen LogP) is 2.11. The minimum atomic E-state index is -0.131. The van der Waals surface area contributed by atoms with E-state index >= 15 is 0 Å². The number of hydrogen-bond donors (Lipinski definition) is 1. The van der Waals surface area contributed by atoms with Gasteiger partial charge in [-0.2, -0.15) is 0 Å². The first kappa shape index (κ1) is 13.3. The maximum atomic E-state index is 12.4. The fraction of sp³-hybridized carbons (Fsp3) is 0.538. The zero-order valence-electron chi connectivity index (χ0n) is 10.2. The molecule has 0 saturated carbocycles. The minimum absolute atomic E-state index is 0.00359. The molecule has 1 N–H and O–H groups in total. The molecule has 1 aliphatic heterocycles. The largest absolute Gasteiger partial charge is 0.394 e. The van der Waals surface area contributed by atoms with Crippen molar-refractivity contribution in [1.82, 2.24) is 9.88 Å². The molecule has 4 nitrogen and oxygen atoms in total. The van der Waals surface area contributed by atoms with Crippen LogP contribution in [0.15, 0.2) is 18.5 Å². The van der Waals surface area contributed by atoms with Crippen molar-refractivity contribution in [3.8, 4) is 0 Å². The monoisotopic (exact) mass is 268 g/mol. The normalized spacial score (nSPS) is 20.6. The van der Waals surface area contributed by atoms with Crippen molar-refractivity contribution in [3.05, 3.63) is 29.0 Å². The molecule has 0 aliphatic carbocycles. The molecule has 98 valence electrons. The Bertz CT molecular complexity index is 425. The van der Waals surface area contributed by atoms with E-state index in [-0.39, 0.29) is 18.6 Å². The SMILES string of the molecule is O=C(c1cnccc1Cl)N1CCCCCC1CO. The number of carbonyl (C=O) groups excluding carboxylic acids is 1. The minimum Gasteiger partial charge on any atom is -0.394 e. The molecule has 1 saturated heterocycles. The van der Waals surface area contributed by atoms with Gasteiger partial charge in [-0.1, -0.05) is 24.4 Å². The Hall–Kier alpha value is -1.13. The number of amides is 1. The lowest BCUT2D eigenvalue weighted by molar-refractivity contribution is 0.0599. The molecular formula is C13H17ClN2O2. The third-order valence-corrected chi connectivity index (χ3v) is 3.68. The highest BCUT2D eigenvalue weighted by molar-refractivity contribution is 6.33. The Labute approximate surface area is 112 Å². The van der Waals surface area contributed by atoms with Crippen molar-refractivity contribution in [2.45, 2.75) is 31.7 Å². The summed E-state index contributed by atoms with van der Waals surface area (Å²) in [5, 5.41) is 9.82. The number of carbonyl (C=O) groups is 1. The van der Waals surface area contributed by atoms with Crippen LogP contribution < -0.4 is 0 Å². The van der Waals surface area contributed by atoms with E-state index < -0.39 is 0 Å². The van der Waals surface area contributed by atoms with Gasteiger partial charge >= 0.3 is 0 Å². The molecule has 0 aromatic carbocycles. The number of halogens is 1. The third-order valence-electron chi connectivity index (χ3n) is 3.35. The van der Waals surface area contributed by atoms with Crippen LogP contribution in [0.1, 0.15) is 36.0 Å². The molecule has 1 amide bonds.